The maximum atomic E-state index is 12.9. The first-order chi connectivity index (χ1) is 11.8. The molecule has 0 unspecified atom stereocenters. The highest BCUT2D eigenvalue weighted by Gasteiger charge is 2.33. The Morgan fingerprint density at radius 2 is 2.12 bits per heavy atom. The predicted octanol–water partition coefficient (Wildman–Crippen LogP) is 1.46. The van der Waals surface area contributed by atoms with Gasteiger partial charge in [0.2, 0.25) is 5.75 Å². The number of hydrogen-bond donors (Lipinski definition) is 3. The van der Waals surface area contributed by atoms with Gasteiger partial charge in [-0.1, -0.05) is 24.1 Å². The van der Waals surface area contributed by atoms with E-state index < -0.39 is 22.8 Å². The molecule has 1 aromatic carbocycles. The molecule has 3 rings (SSSR count). The first kappa shape index (κ1) is 17.4. The van der Waals surface area contributed by atoms with E-state index in [1.165, 1.54) is 40.8 Å². The van der Waals surface area contributed by atoms with Gasteiger partial charge in [-0.3, -0.25) is 14.2 Å². The topological polar surface area (TPSA) is 96.2 Å². The molecule has 9 heteroatoms. The maximum absolute atomic E-state index is 12.9. The SMILES string of the molecule is CC1(C)NSCn2c1nc(C(=O)NCc1ccc(F)cc1)c(O)c2=O. The first-order valence-corrected chi connectivity index (χ1v) is 8.54. The number of amides is 1. The lowest BCUT2D eigenvalue weighted by molar-refractivity contribution is 0.0941. The number of nitrogens with zero attached hydrogens (tertiary/aromatic N) is 2. The van der Waals surface area contributed by atoms with Gasteiger partial charge >= 0.3 is 0 Å². The van der Waals surface area contributed by atoms with Crippen LogP contribution in [0.25, 0.3) is 0 Å². The van der Waals surface area contributed by atoms with Crippen molar-refractivity contribution in [2.24, 2.45) is 0 Å². The zero-order valence-electron chi connectivity index (χ0n) is 13.7. The summed E-state index contributed by atoms with van der Waals surface area (Å²) in [6, 6.07) is 5.65. The maximum Gasteiger partial charge on any atom is 0.297 e. The fourth-order valence-electron chi connectivity index (χ4n) is 2.49. The molecule has 3 N–H and O–H groups in total. The second-order valence-electron chi connectivity index (χ2n) is 6.18. The van der Waals surface area contributed by atoms with Gasteiger partial charge in [-0.15, -0.1) is 0 Å². The molecule has 7 nitrogen and oxygen atoms in total. The summed E-state index contributed by atoms with van der Waals surface area (Å²) in [4.78, 5) is 28.9. The van der Waals surface area contributed by atoms with Crippen LogP contribution in [0.15, 0.2) is 29.1 Å². The fourth-order valence-corrected chi connectivity index (χ4v) is 3.38. The van der Waals surface area contributed by atoms with E-state index in [9.17, 15) is 19.1 Å². The van der Waals surface area contributed by atoms with Gasteiger partial charge in [0.25, 0.3) is 11.5 Å². The predicted molar refractivity (Wildman–Crippen MR) is 91.5 cm³/mol. The van der Waals surface area contributed by atoms with Crippen LogP contribution >= 0.6 is 11.9 Å². The van der Waals surface area contributed by atoms with E-state index in [0.717, 1.165) is 0 Å². The Balaban J connectivity index is 1.89. The Morgan fingerprint density at radius 1 is 1.44 bits per heavy atom. The number of benzene rings is 1. The van der Waals surface area contributed by atoms with Crippen LogP contribution in [0.1, 0.15) is 35.7 Å². The molecule has 0 saturated carbocycles. The van der Waals surface area contributed by atoms with Gasteiger partial charge in [0.05, 0.1) is 11.4 Å². The number of carbonyl (C=O) groups excluding carboxylic acids is 1. The highest BCUT2D eigenvalue weighted by Crippen LogP contribution is 2.27. The third-order valence-electron chi connectivity index (χ3n) is 3.81. The van der Waals surface area contributed by atoms with Gasteiger partial charge < -0.3 is 10.4 Å². The summed E-state index contributed by atoms with van der Waals surface area (Å²) in [6.45, 7) is 3.78. The quantitative estimate of drug-likeness (QED) is 0.714. The van der Waals surface area contributed by atoms with Crippen LogP contribution in [0.4, 0.5) is 4.39 Å². The lowest BCUT2D eigenvalue weighted by Gasteiger charge is -2.32. The minimum Gasteiger partial charge on any atom is -0.501 e. The second kappa shape index (κ2) is 6.49. The lowest BCUT2D eigenvalue weighted by atomic mass is 10.1. The van der Waals surface area contributed by atoms with E-state index in [1.54, 1.807) is 0 Å². The Morgan fingerprint density at radius 3 is 2.80 bits per heavy atom. The molecule has 132 valence electrons. The summed E-state index contributed by atoms with van der Waals surface area (Å²) in [5.41, 5.74) is -0.927. The largest absolute Gasteiger partial charge is 0.501 e. The van der Waals surface area contributed by atoms with E-state index >= 15 is 0 Å². The number of aromatic nitrogens is 2. The molecule has 0 radical (unpaired) electrons. The first-order valence-electron chi connectivity index (χ1n) is 7.55. The van der Waals surface area contributed by atoms with Crippen LogP contribution in [0.2, 0.25) is 0 Å². The van der Waals surface area contributed by atoms with Crippen LogP contribution in [-0.2, 0) is 18.0 Å². The molecular weight excluding hydrogens is 347 g/mol. The molecule has 25 heavy (non-hydrogen) atoms. The second-order valence-corrected chi connectivity index (χ2v) is 6.93. The van der Waals surface area contributed by atoms with Gasteiger partial charge in [0, 0.05) is 6.54 Å². The summed E-state index contributed by atoms with van der Waals surface area (Å²) in [5.74, 6) is -1.06. The average molecular weight is 364 g/mol. The van der Waals surface area contributed by atoms with E-state index in [-0.39, 0.29) is 23.9 Å². The van der Waals surface area contributed by atoms with Crippen LogP contribution in [0, 0.1) is 5.82 Å². The molecule has 0 bridgehead atoms. The highest BCUT2D eigenvalue weighted by molar-refractivity contribution is 7.96. The van der Waals surface area contributed by atoms with Gasteiger partial charge in [-0.2, -0.15) is 0 Å². The number of rotatable bonds is 3. The van der Waals surface area contributed by atoms with E-state index in [1.807, 2.05) is 13.8 Å². The van der Waals surface area contributed by atoms with Crippen molar-refractivity contribution < 1.29 is 14.3 Å². The standard InChI is InChI=1S/C16H17FN4O3S/c1-16(2)15-19-11(12(22)14(24)21(15)8-25-20-16)13(23)18-7-9-3-5-10(17)6-4-9/h3-6,20,22H,7-8H2,1-2H3,(H,18,23). The number of aromatic hydroxyl groups is 1. The van der Waals surface area contributed by atoms with Crippen molar-refractivity contribution in [1.29, 1.82) is 0 Å². The van der Waals surface area contributed by atoms with Crippen molar-refractivity contribution in [3.05, 3.63) is 57.5 Å². The monoisotopic (exact) mass is 364 g/mol. The van der Waals surface area contributed by atoms with Crippen LogP contribution in [0.3, 0.4) is 0 Å². The molecule has 1 amide bonds. The number of fused-ring (bicyclic) bond motifs is 1. The Labute approximate surface area is 147 Å². The Hall–Kier alpha value is -2.39. The molecule has 0 aliphatic carbocycles. The summed E-state index contributed by atoms with van der Waals surface area (Å²) >= 11 is 1.32. The fraction of sp³-hybridized carbons (Fsp3) is 0.312. The average Bonchev–Trinajstić information content (AvgIpc) is 2.57. The molecule has 0 spiro atoms. The van der Waals surface area contributed by atoms with E-state index in [0.29, 0.717) is 11.4 Å². The normalized spacial score (nSPS) is 15.5. The Bertz CT molecular complexity index is 880. The minimum atomic E-state index is -0.682. The molecule has 1 aromatic heterocycles. The summed E-state index contributed by atoms with van der Waals surface area (Å²) < 4.78 is 17.4. The van der Waals surface area contributed by atoms with Crippen molar-refractivity contribution in [3.8, 4) is 5.75 Å². The molecule has 0 saturated heterocycles. The molecular formula is C16H17FN4O3S. The van der Waals surface area contributed by atoms with Gasteiger partial charge in [0.15, 0.2) is 5.69 Å². The number of hydrogen-bond acceptors (Lipinski definition) is 6. The van der Waals surface area contributed by atoms with E-state index in [4.69, 9.17) is 0 Å². The van der Waals surface area contributed by atoms with Crippen LogP contribution in [0.5, 0.6) is 5.75 Å². The number of carbonyl (C=O) groups is 1. The zero-order chi connectivity index (χ0) is 18.2. The zero-order valence-corrected chi connectivity index (χ0v) is 14.5. The lowest BCUT2D eigenvalue weighted by Crippen LogP contribution is -2.45. The smallest absolute Gasteiger partial charge is 0.297 e. The van der Waals surface area contributed by atoms with Crippen molar-refractivity contribution in [3.63, 3.8) is 0 Å². The van der Waals surface area contributed by atoms with Crippen molar-refractivity contribution in [1.82, 2.24) is 19.6 Å². The van der Waals surface area contributed by atoms with Gasteiger partial charge in [-0.05, 0) is 31.5 Å². The summed E-state index contributed by atoms with van der Waals surface area (Å²) in [7, 11) is 0. The summed E-state index contributed by atoms with van der Waals surface area (Å²) in [5, 5.41) is 12.7. The minimum absolute atomic E-state index is 0.121. The van der Waals surface area contributed by atoms with Crippen molar-refractivity contribution in [2.75, 3.05) is 0 Å². The molecule has 2 aromatic rings. The molecule has 0 atom stereocenters. The molecule has 0 fully saturated rings. The molecule has 2 heterocycles. The highest BCUT2D eigenvalue weighted by atomic mass is 32.2. The summed E-state index contributed by atoms with van der Waals surface area (Å²) in [6.07, 6.45) is 0. The number of halogens is 1. The van der Waals surface area contributed by atoms with Crippen LogP contribution < -0.4 is 15.6 Å². The van der Waals surface area contributed by atoms with Crippen molar-refractivity contribution >= 4 is 17.9 Å². The third kappa shape index (κ3) is 3.38. The third-order valence-corrected chi connectivity index (χ3v) is 4.85. The van der Waals surface area contributed by atoms with E-state index in [2.05, 4.69) is 15.0 Å². The number of nitrogens with one attached hydrogen (secondary N) is 2. The van der Waals surface area contributed by atoms with Crippen molar-refractivity contribution in [2.45, 2.75) is 31.8 Å². The molecule has 1 aliphatic rings. The van der Waals surface area contributed by atoms with Gasteiger partial charge in [-0.25, -0.2) is 14.1 Å². The molecule has 1 aliphatic heterocycles. The Kier molecular flexibility index (Phi) is 4.53. The van der Waals surface area contributed by atoms with Gasteiger partial charge in [0.1, 0.15) is 11.6 Å². The van der Waals surface area contributed by atoms with Crippen LogP contribution in [-0.4, -0.2) is 20.6 Å².